The summed E-state index contributed by atoms with van der Waals surface area (Å²) in [6.45, 7) is 7.52. The van der Waals surface area contributed by atoms with Gasteiger partial charge in [0.05, 0.1) is 11.3 Å². The number of pyridine rings is 1. The minimum Gasteiger partial charge on any atom is -0.478 e. The Bertz CT molecular complexity index is 383. The Labute approximate surface area is 83.8 Å². The van der Waals surface area contributed by atoms with E-state index >= 15 is 0 Å². The Morgan fingerprint density at radius 3 is 2.29 bits per heavy atom. The lowest BCUT2D eigenvalue weighted by atomic mass is 9.98. The second-order valence-corrected chi connectivity index (χ2v) is 3.42. The van der Waals surface area contributed by atoms with Crippen LogP contribution in [0.3, 0.4) is 0 Å². The first-order valence-corrected chi connectivity index (χ1v) is 4.69. The van der Waals surface area contributed by atoms with E-state index in [-0.39, 0.29) is 0 Å². The van der Waals surface area contributed by atoms with Crippen molar-refractivity contribution in [2.24, 2.45) is 0 Å². The molecule has 0 aliphatic heterocycles. The van der Waals surface area contributed by atoms with Crippen molar-refractivity contribution < 1.29 is 9.90 Å². The van der Waals surface area contributed by atoms with Crippen LogP contribution in [0.4, 0.5) is 0 Å². The topological polar surface area (TPSA) is 50.2 Å². The van der Waals surface area contributed by atoms with Crippen LogP contribution in [0, 0.1) is 20.8 Å². The van der Waals surface area contributed by atoms with Gasteiger partial charge < -0.3 is 5.11 Å². The number of aryl methyl sites for hydroxylation is 2. The molecule has 0 saturated heterocycles. The molecule has 3 heteroatoms. The maximum atomic E-state index is 11.0. The number of aromatic nitrogens is 1. The van der Waals surface area contributed by atoms with Gasteiger partial charge in [0, 0.05) is 5.69 Å². The molecule has 0 aromatic carbocycles. The lowest BCUT2D eigenvalue weighted by Crippen LogP contribution is -2.09. The molecule has 0 amide bonds. The molecule has 1 aromatic heterocycles. The molecule has 3 nitrogen and oxygen atoms in total. The molecule has 1 aromatic rings. The van der Waals surface area contributed by atoms with Gasteiger partial charge in [-0.3, -0.25) is 4.98 Å². The lowest BCUT2D eigenvalue weighted by Gasteiger charge is -2.12. The zero-order valence-electron chi connectivity index (χ0n) is 9.01. The van der Waals surface area contributed by atoms with Crippen LogP contribution >= 0.6 is 0 Å². The first kappa shape index (κ1) is 10.7. The van der Waals surface area contributed by atoms with Crippen LogP contribution in [0.5, 0.6) is 0 Å². The molecule has 0 fully saturated rings. The summed E-state index contributed by atoms with van der Waals surface area (Å²) in [4.78, 5) is 15.2. The summed E-state index contributed by atoms with van der Waals surface area (Å²) in [7, 11) is 0. The molecule has 0 saturated carbocycles. The number of aromatic carboxylic acids is 1. The highest BCUT2D eigenvalue weighted by molar-refractivity contribution is 5.91. The number of carboxylic acid groups (broad SMARTS) is 1. The van der Waals surface area contributed by atoms with Crippen molar-refractivity contribution in [3.8, 4) is 0 Å². The average Bonchev–Trinajstić information content (AvgIpc) is 2.02. The third-order valence-electron chi connectivity index (χ3n) is 2.53. The van der Waals surface area contributed by atoms with E-state index in [1.807, 2.05) is 20.8 Å². The zero-order valence-corrected chi connectivity index (χ0v) is 9.01. The van der Waals surface area contributed by atoms with Gasteiger partial charge in [-0.05, 0) is 38.3 Å². The van der Waals surface area contributed by atoms with Crippen molar-refractivity contribution >= 4 is 5.97 Å². The van der Waals surface area contributed by atoms with E-state index in [1.54, 1.807) is 6.92 Å². The monoisotopic (exact) mass is 193 g/mol. The average molecular weight is 193 g/mol. The van der Waals surface area contributed by atoms with Crippen LogP contribution in [0.15, 0.2) is 0 Å². The van der Waals surface area contributed by atoms with Crippen molar-refractivity contribution in [2.75, 3.05) is 0 Å². The normalized spacial score (nSPS) is 10.3. The molecular weight excluding hydrogens is 178 g/mol. The van der Waals surface area contributed by atoms with Gasteiger partial charge in [-0.25, -0.2) is 4.79 Å². The van der Waals surface area contributed by atoms with Gasteiger partial charge in [-0.15, -0.1) is 0 Å². The molecule has 0 radical (unpaired) electrons. The van der Waals surface area contributed by atoms with Gasteiger partial charge in [-0.1, -0.05) is 6.92 Å². The summed E-state index contributed by atoms with van der Waals surface area (Å²) in [5, 5.41) is 9.02. The van der Waals surface area contributed by atoms with E-state index in [9.17, 15) is 4.79 Å². The molecule has 1 N–H and O–H groups in total. The molecule has 0 spiro atoms. The summed E-state index contributed by atoms with van der Waals surface area (Å²) in [5.41, 5.74) is 3.79. The maximum absolute atomic E-state index is 11.0. The van der Waals surface area contributed by atoms with E-state index in [4.69, 9.17) is 5.11 Å². The van der Waals surface area contributed by atoms with Gasteiger partial charge in [0.25, 0.3) is 0 Å². The smallest absolute Gasteiger partial charge is 0.337 e. The molecule has 1 rings (SSSR count). The van der Waals surface area contributed by atoms with Crippen LogP contribution in [0.2, 0.25) is 0 Å². The molecule has 0 aliphatic carbocycles. The fraction of sp³-hybridized carbons (Fsp3) is 0.455. The number of hydrogen-bond acceptors (Lipinski definition) is 2. The Balaban J connectivity index is 3.52. The second-order valence-electron chi connectivity index (χ2n) is 3.42. The summed E-state index contributed by atoms with van der Waals surface area (Å²) in [6, 6.07) is 0. The fourth-order valence-electron chi connectivity index (χ4n) is 1.90. The molecular formula is C11H15NO2. The first-order chi connectivity index (χ1) is 6.49. The Morgan fingerprint density at radius 2 is 1.86 bits per heavy atom. The highest BCUT2D eigenvalue weighted by Gasteiger charge is 2.16. The van der Waals surface area contributed by atoms with Gasteiger partial charge >= 0.3 is 5.97 Å². The molecule has 14 heavy (non-hydrogen) atoms. The van der Waals surface area contributed by atoms with Gasteiger partial charge in [0.1, 0.15) is 0 Å². The van der Waals surface area contributed by atoms with E-state index < -0.39 is 5.97 Å². The Hall–Kier alpha value is -1.38. The van der Waals surface area contributed by atoms with Crippen molar-refractivity contribution in [3.63, 3.8) is 0 Å². The summed E-state index contributed by atoms with van der Waals surface area (Å²) in [5.74, 6) is -0.887. The molecule has 0 atom stereocenters. The highest BCUT2D eigenvalue weighted by atomic mass is 16.4. The minimum atomic E-state index is -0.887. The summed E-state index contributed by atoms with van der Waals surface area (Å²) >= 11 is 0. The van der Waals surface area contributed by atoms with E-state index in [0.717, 1.165) is 23.2 Å². The van der Waals surface area contributed by atoms with Crippen molar-refractivity contribution in [1.82, 2.24) is 4.98 Å². The molecule has 0 bridgehead atoms. The van der Waals surface area contributed by atoms with E-state index in [1.165, 1.54) is 0 Å². The minimum absolute atomic E-state index is 0.354. The van der Waals surface area contributed by atoms with Gasteiger partial charge in [0.2, 0.25) is 0 Å². The Kier molecular flexibility index (Phi) is 2.89. The van der Waals surface area contributed by atoms with Gasteiger partial charge in [0.15, 0.2) is 0 Å². The number of carbonyl (C=O) groups is 1. The van der Waals surface area contributed by atoms with Crippen molar-refractivity contribution in [3.05, 3.63) is 28.1 Å². The van der Waals surface area contributed by atoms with Crippen LogP contribution < -0.4 is 0 Å². The number of carboxylic acids is 1. The van der Waals surface area contributed by atoms with Crippen LogP contribution in [0.25, 0.3) is 0 Å². The maximum Gasteiger partial charge on any atom is 0.337 e. The largest absolute Gasteiger partial charge is 0.478 e. The van der Waals surface area contributed by atoms with Crippen LogP contribution in [-0.2, 0) is 6.42 Å². The summed E-state index contributed by atoms with van der Waals surface area (Å²) in [6.07, 6.45) is 0.825. The third-order valence-corrected chi connectivity index (χ3v) is 2.53. The predicted molar refractivity (Wildman–Crippen MR) is 54.8 cm³/mol. The summed E-state index contributed by atoms with van der Waals surface area (Å²) < 4.78 is 0. The number of rotatable bonds is 2. The first-order valence-electron chi connectivity index (χ1n) is 4.69. The zero-order chi connectivity index (χ0) is 10.9. The molecule has 0 aliphatic rings. The quantitative estimate of drug-likeness (QED) is 0.783. The highest BCUT2D eigenvalue weighted by Crippen LogP contribution is 2.19. The van der Waals surface area contributed by atoms with Crippen molar-refractivity contribution in [1.29, 1.82) is 0 Å². The Morgan fingerprint density at radius 1 is 1.29 bits per heavy atom. The van der Waals surface area contributed by atoms with Crippen LogP contribution in [-0.4, -0.2) is 16.1 Å². The van der Waals surface area contributed by atoms with E-state index in [2.05, 4.69) is 4.98 Å². The van der Waals surface area contributed by atoms with E-state index in [0.29, 0.717) is 11.3 Å². The molecule has 0 unspecified atom stereocenters. The third kappa shape index (κ3) is 1.62. The number of hydrogen-bond donors (Lipinski definition) is 1. The van der Waals surface area contributed by atoms with Crippen LogP contribution in [0.1, 0.15) is 39.8 Å². The predicted octanol–water partition coefficient (Wildman–Crippen LogP) is 2.27. The fourth-order valence-corrected chi connectivity index (χ4v) is 1.90. The standard InChI is InChI=1S/C11H15NO2/c1-5-9-6(2)10(11(13)14)8(4)12-7(9)3/h5H2,1-4H3,(H,13,14). The lowest BCUT2D eigenvalue weighted by molar-refractivity contribution is 0.0694. The second kappa shape index (κ2) is 3.78. The SMILES string of the molecule is CCc1c(C)nc(C)c(C(=O)O)c1C. The molecule has 1 heterocycles. The van der Waals surface area contributed by atoms with Crippen molar-refractivity contribution in [2.45, 2.75) is 34.1 Å². The molecule has 76 valence electrons. The van der Waals surface area contributed by atoms with Gasteiger partial charge in [-0.2, -0.15) is 0 Å². The number of nitrogens with zero attached hydrogens (tertiary/aromatic N) is 1.